The molecule has 3 heterocycles. The van der Waals surface area contributed by atoms with Crippen LogP contribution in [0.1, 0.15) is 34.6 Å². The molecule has 1 N–H and O–H groups in total. The summed E-state index contributed by atoms with van der Waals surface area (Å²) in [5, 5.41) is 7.65. The van der Waals surface area contributed by atoms with E-state index in [9.17, 15) is 9.59 Å². The fraction of sp³-hybridized carbons (Fsp3) is 0.370. The Bertz CT molecular complexity index is 1230. The van der Waals surface area contributed by atoms with Crippen molar-refractivity contribution in [3.8, 4) is 17.2 Å². The first kappa shape index (κ1) is 23.1. The van der Waals surface area contributed by atoms with Gasteiger partial charge in [-0.05, 0) is 70.1 Å². The lowest BCUT2D eigenvalue weighted by atomic mass is 9.88. The Morgan fingerprint density at radius 1 is 1.00 bits per heavy atom. The highest BCUT2D eigenvalue weighted by Gasteiger charge is 2.28. The van der Waals surface area contributed by atoms with Gasteiger partial charge in [0.25, 0.3) is 0 Å². The zero-order chi connectivity index (χ0) is 24.4. The van der Waals surface area contributed by atoms with Gasteiger partial charge in [-0.1, -0.05) is 18.2 Å². The summed E-state index contributed by atoms with van der Waals surface area (Å²) in [5.41, 5.74) is 4.04. The molecule has 5 rings (SSSR count). The molecule has 1 fully saturated rings. The molecule has 1 saturated heterocycles. The highest BCUT2D eigenvalue weighted by molar-refractivity contribution is 5.98. The molecule has 2 aliphatic rings. The maximum atomic E-state index is 13.0. The lowest BCUT2D eigenvalue weighted by Crippen LogP contribution is -2.40. The van der Waals surface area contributed by atoms with Crippen molar-refractivity contribution in [3.63, 3.8) is 0 Å². The van der Waals surface area contributed by atoms with Crippen LogP contribution in [0.25, 0.3) is 5.69 Å². The number of ether oxygens (including phenoxy) is 2. The zero-order valence-corrected chi connectivity index (χ0v) is 20.1. The van der Waals surface area contributed by atoms with E-state index in [2.05, 4.69) is 15.3 Å². The molecule has 0 atom stereocenters. The first-order chi connectivity index (χ1) is 17.0. The number of Topliss-reactive ketones (excluding diaryl/α,β-unsaturated/α-hetero) is 1. The number of nitrogens with zero attached hydrogens (tertiary/aromatic N) is 3. The number of piperidine rings is 1. The van der Waals surface area contributed by atoms with Crippen molar-refractivity contribution in [1.82, 2.24) is 14.7 Å². The van der Waals surface area contributed by atoms with Crippen LogP contribution in [-0.2, 0) is 4.79 Å². The fourth-order valence-electron chi connectivity index (χ4n) is 4.81. The Balaban J connectivity index is 1.16. The summed E-state index contributed by atoms with van der Waals surface area (Å²) in [6.45, 7) is 6.58. The van der Waals surface area contributed by atoms with Crippen molar-refractivity contribution in [1.29, 1.82) is 0 Å². The van der Waals surface area contributed by atoms with Gasteiger partial charge in [0.05, 0.1) is 29.3 Å². The second-order valence-electron chi connectivity index (χ2n) is 9.11. The fourth-order valence-corrected chi connectivity index (χ4v) is 4.81. The van der Waals surface area contributed by atoms with Gasteiger partial charge in [0, 0.05) is 11.5 Å². The number of benzene rings is 2. The largest absolute Gasteiger partial charge is 0.486 e. The third-order valence-corrected chi connectivity index (χ3v) is 6.71. The number of rotatable bonds is 6. The molecule has 0 unspecified atom stereocenters. The lowest BCUT2D eigenvalue weighted by molar-refractivity contribution is -0.117. The van der Waals surface area contributed by atoms with Crippen LogP contribution in [0.5, 0.6) is 11.5 Å². The number of likely N-dealkylation sites (tertiary alicyclic amines) is 1. The minimum Gasteiger partial charge on any atom is -0.486 e. The van der Waals surface area contributed by atoms with E-state index in [1.54, 1.807) is 6.07 Å². The molecule has 0 spiro atoms. The molecule has 8 nitrogen and oxygen atoms in total. The van der Waals surface area contributed by atoms with Gasteiger partial charge in [-0.3, -0.25) is 14.5 Å². The van der Waals surface area contributed by atoms with Gasteiger partial charge in [0.2, 0.25) is 5.91 Å². The maximum Gasteiger partial charge on any atom is 0.238 e. The summed E-state index contributed by atoms with van der Waals surface area (Å²) in [6, 6.07) is 15.3. The second-order valence-corrected chi connectivity index (χ2v) is 9.11. The molecule has 0 saturated carbocycles. The van der Waals surface area contributed by atoms with E-state index in [1.807, 2.05) is 61.0 Å². The Morgan fingerprint density at radius 3 is 2.46 bits per heavy atom. The number of fused-ring (bicyclic) bond motifs is 1. The van der Waals surface area contributed by atoms with Gasteiger partial charge in [-0.2, -0.15) is 5.10 Å². The van der Waals surface area contributed by atoms with E-state index in [0.29, 0.717) is 49.9 Å². The van der Waals surface area contributed by atoms with E-state index >= 15 is 0 Å². The summed E-state index contributed by atoms with van der Waals surface area (Å²) in [6.07, 6.45) is 1.45. The number of para-hydroxylation sites is 1. The van der Waals surface area contributed by atoms with E-state index in [4.69, 9.17) is 9.47 Å². The van der Waals surface area contributed by atoms with Crippen LogP contribution in [-0.4, -0.2) is 59.2 Å². The number of aromatic nitrogens is 2. The van der Waals surface area contributed by atoms with Gasteiger partial charge in [-0.15, -0.1) is 0 Å². The molecule has 0 radical (unpaired) electrons. The van der Waals surface area contributed by atoms with Gasteiger partial charge in [0.15, 0.2) is 17.3 Å². The van der Waals surface area contributed by atoms with Crippen LogP contribution in [0, 0.1) is 19.8 Å². The van der Waals surface area contributed by atoms with Crippen molar-refractivity contribution in [3.05, 3.63) is 65.5 Å². The predicted octanol–water partition coefficient (Wildman–Crippen LogP) is 3.79. The number of hydrogen-bond acceptors (Lipinski definition) is 6. The number of amides is 1. The van der Waals surface area contributed by atoms with Crippen molar-refractivity contribution in [2.45, 2.75) is 26.7 Å². The molecule has 1 amide bonds. The van der Waals surface area contributed by atoms with E-state index in [0.717, 1.165) is 35.6 Å². The van der Waals surface area contributed by atoms with Crippen molar-refractivity contribution < 1.29 is 19.1 Å². The number of anilines is 1. The number of carbonyl (C=O) groups is 2. The van der Waals surface area contributed by atoms with Crippen molar-refractivity contribution >= 4 is 17.4 Å². The minimum atomic E-state index is -0.0691. The van der Waals surface area contributed by atoms with Crippen LogP contribution in [0.15, 0.2) is 48.5 Å². The Hall–Kier alpha value is -3.65. The number of carbonyl (C=O) groups excluding carboxylic acids is 2. The Morgan fingerprint density at radius 2 is 1.71 bits per heavy atom. The quantitative estimate of drug-likeness (QED) is 0.547. The standard InChI is InChI=1S/C27H30N4O4/c1-18-26(19(2)31(29-18)22-6-4-3-5-7-22)28-25(32)17-30-12-10-20(11-13-30)27(33)21-8-9-23-24(16-21)35-15-14-34-23/h3-9,16,20H,10-15,17H2,1-2H3,(H,28,32). The molecule has 35 heavy (non-hydrogen) atoms. The maximum absolute atomic E-state index is 13.0. The molecule has 182 valence electrons. The molecule has 8 heteroatoms. The molecular formula is C27H30N4O4. The lowest BCUT2D eigenvalue weighted by Gasteiger charge is -2.31. The molecule has 0 aliphatic carbocycles. The van der Waals surface area contributed by atoms with E-state index in [1.165, 1.54) is 0 Å². The average molecular weight is 475 g/mol. The number of hydrogen-bond donors (Lipinski definition) is 1. The third kappa shape index (κ3) is 4.93. The molecule has 3 aromatic rings. The number of ketones is 1. The third-order valence-electron chi connectivity index (χ3n) is 6.71. The zero-order valence-electron chi connectivity index (χ0n) is 20.1. The van der Waals surface area contributed by atoms with Crippen LogP contribution in [0.4, 0.5) is 5.69 Å². The summed E-state index contributed by atoms with van der Waals surface area (Å²) >= 11 is 0. The summed E-state index contributed by atoms with van der Waals surface area (Å²) in [4.78, 5) is 28.0. The van der Waals surface area contributed by atoms with Crippen LogP contribution in [0.3, 0.4) is 0 Å². The highest BCUT2D eigenvalue weighted by atomic mass is 16.6. The topological polar surface area (TPSA) is 85.7 Å². The van der Waals surface area contributed by atoms with E-state index < -0.39 is 0 Å². The van der Waals surface area contributed by atoms with Gasteiger partial charge in [-0.25, -0.2) is 4.68 Å². The van der Waals surface area contributed by atoms with Crippen molar-refractivity contribution in [2.75, 3.05) is 38.2 Å². The first-order valence-electron chi connectivity index (χ1n) is 12.1. The van der Waals surface area contributed by atoms with Crippen molar-refractivity contribution in [2.24, 2.45) is 5.92 Å². The smallest absolute Gasteiger partial charge is 0.238 e. The first-order valence-corrected chi connectivity index (χ1v) is 12.1. The van der Waals surface area contributed by atoms with Gasteiger partial charge in [0.1, 0.15) is 13.2 Å². The van der Waals surface area contributed by atoms with Crippen LogP contribution >= 0.6 is 0 Å². The normalized spacial score (nSPS) is 16.2. The predicted molar refractivity (Wildman–Crippen MR) is 133 cm³/mol. The van der Waals surface area contributed by atoms with Crippen LogP contribution < -0.4 is 14.8 Å². The number of nitrogens with one attached hydrogen (secondary N) is 1. The van der Waals surface area contributed by atoms with Gasteiger partial charge < -0.3 is 14.8 Å². The highest BCUT2D eigenvalue weighted by Crippen LogP contribution is 2.32. The molecule has 0 bridgehead atoms. The minimum absolute atomic E-state index is 0.0505. The van der Waals surface area contributed by atoms with E-state index in [-0.39, 0.29) is 17.6 Å². The Kier molecular flexibility index (Phi) is 6.55. The molecule has 2 aliphatic heterocycles. The van der Waals surface area contributed by atoms with Crippen LogP contribution in [0.2, 0.25) is 0 Å². The molecule has 2 aromatic carbocycles. The Labute approximate surface area is 204 Å². The summed E-state index contributed by atoms with van der Waals surface area (Å²) in [7, 11) is 0. The average Bonchev–Trinajstić information content (AvgIpc) is 3.17. The number of aryl methyl sites for hydroxylation is 1. The second kappa shape index (κ2) is 9.92. The summed E-state index contributed by atoms with van der Waals surface area (Å²) < 4.78 is 13.0. The SMILES string of the molecule is Cc1nn(-c2ccccc2)c(C)c1NC(=O)CN1CCC(C(=O)c2ccc3c(c2)OCCO3)CC1. The van der Waals surface area contributed by atoms with Gasteiger partial charge >= 0.3 is 0 Å². The molecular weight excluding hydrogens is 444 g/mol. The monoisotopic (exact) mass is 474 g/mol. The molecule has 1 aromatic heterocycles. The summed E-state index contributed by atoms with van der Waals surface area (Å²) in [5.74, 6) is 1.34.